The summed E-state index contributed by atoms with van der Waals surface area (Å²) in [6.07, 6.45) is 4.13. The van der Waals surface area contributed by atoms with Crippen LogP contribution in [0.3, 0.4) is 0 Å². The highest BCUT2D eigenvalue weighted by Gasteiger charge is 2.22. The molecule has 0 saturated carbocycles. The average Bonchev–Trinajstić information content (AvgIpc) is 3.20. The van der Waals surface area contributed by atoms with Gasteiger partial charge in [-0.15, -0.1) is 11.3 Å². The first-order valence-electron chi connectivity index (χ1n) is 8.97. The molecule has 3 rings (SSSR count). The van der Waals surface area contributed by atoms with Crippen LogP contribution in [0.4, 0.5) is 5.13 Å². The van der Waals surface area contributed by atoms with E-state index in [4.69, 9.17) is 0 Å². The van der Waals surface area contributed by atoms with Gasteiger partial charge in [-0.1, -0.05) is 13.8 Å². The number of anilines is 1. The lowest BCUT2D eigenvalue weighted by molar-refractivity contribution is 0.358. The Hall–Kier alpha value is -1.47. The first-order chi connectivity index (χ1) is 11.6. The van der Waals surface area contributed by atoms with Crippen LogP contribution in [0, 0.1) is 0 Å². The van der Waals surface area contributed by atoms with E-state index in [-0.39, 0.29) is 0 Å². The quantitative estimate of drug-likeness (QED) is 0.834. The normalized spacial score (nSPS) is 17.3. The van der Waals surface area contributed by atoms with Gasteiger partial charge in [-0.25, -0.2) is 14.6 Å². The van der Waals surface area contributed by atoms with Gasteiger partial charge in [0.15, 0.2) is 11.0 Å². The summed E-state index contributed by atoms with van der Waals surface area (Å²) in [7, 11) is 0. The van der Waals surface area contributed by atoms with E-state index in [2.05, 4.69) is 57.7 Å². The number of aromatic nitrogens is 4. The summed E-state index contributed by atoms with van der Waals surface area (Å²) >= 11 is 1.79. The molecule has 2 aromatic rings. The van der Waals surface area contributed by atoms with Crippen LogP contribution in [0.2, 0.25) is 0 Å². The Bertz CT molecular complexity index is 658. The minimum Gasteiger partial charge on any atom is -0.349 e. The Labute approximate surface area is 148 Å². The summed E-state index contributed by atoms with van der Waals surface area (Å²) in [4.78, 5) is 12.8. The van der Waals surface area contributed by atoms with Gasteiger partial charge >= 0.3 is 0 Å². The summed E-state index contributed by atoms with van der Waals surface area (Å²) < 4.78 is 2.09. The third-order valence-corrected chi connectivity index (χ3v) is 5.59. The fraction of sp³-hybridized carbons (Fsp3) is 0.706. The Kier molecular flexibility index (Phi) is 5.50. The molecule has 132 valence electrons. The molecule has 7 heteroatoms. The number of aryl methyl sites for hydroxylation is 1. The number of rotatable bonds is 7. The van der Waals surface area contributed by atoms with Gasteiger partial charge in [-0.05, 0) is 20.3 Å². The largest absolute Gasteiger partial charge is 0.349 e. The summed E-state index contributed by atoms with van der Waals surface area (Å²) in [6.45, 7) is 12.4. The topological polar surface area (TPSA) is 58.9 Å². The van der Waals surface area contributed by atoms with E-state index in [9.17, 15) is 0 Å². The van der Waals surface area contributed by atoms with E-state index in [1.165, 1.54) is 4.88 Å². The summed E-state index contributed by atoms with van der Waals surface area (Å²) in [6, 6.07) is 0.457. The predicted octanol–water partition coefficient (Wildman–Crippen LogP) is 2.81. The van der Waals surface area contributed by atoms with Crippen molar-refractivity contribution in [2.45, 2.75) is 65.6 Å². The Morgan fingerprint density at radius 2 is 2.17 bits per heavy atom. The molecule has 1 aliphatic heterocycles. The Morgan fingerprint density at radius 1 is 1.38 bits per heavy atom. The maximum Gasteiger partial charge on any atom is 0.185 e. The van der Waals surface area contributed by atoms with E-state index in [1.807, 2.05) is 6.20 Å². The molecule has 1 N–H and O–H groups in total. The minimum atomic E-state index is 0.394. The van der Waals surface area contributed by atoms with E-state index < -0.39 is 0 Å². The van der Waals surface area contributed by atoms with Crippen LogP contribution < -0.4 is 10.2 Å². The van der Waals surface area contributed by atoms with Gasteiger partial charge in [0.05, 0.1) is 6.54 Å². The number of hydrogen-bond donors (Lipinski definition) is 1. The molecule has 0 bridgehead atoms. The van der Waals surface area contributed by atoms with Crippen LogP contribution in [0.15, 0.2) is 6.20 Å². The maximum absolute atomic E-state index is 4.66. The maximum atomic E-state index is 4.66. The highest BCUT2D eigenvalue weighted by Crippen LogP contribution is 2.23. The van der Waals surface area contributed by atoms with E-state index in [0.717, 1.165) is 55.8 Å². The summed E-state index contributed by atoms with van der Waals surface area (Å²) in [5.41, 5.74) is 0. The van der Waals surface area contributed by atoms with Crippen molar-refractivity contribution >= 4 is 16.5 Å². The smallest absolute Gasteiger partial charge is 0.185 e. The average molecular weight is 349 g/mol. The molecule has 1 unspecified atom stereocenters. The lowest BCUT2D eigenvalue weighted by atomic mass is 10.1. The minimum absolute atomic E-state index is 0.394. The van der Waals surface area contributed by atoms with Gasteiger partial charge in [0.2, 0.25) is 0 Å². The number of nitrogens with zero attached hydrogens (tertiary/aromatic N) is 5. The second kappa shape index (κ2) is 7.61. The van der Waals surface area contributed by atoms with Gasteiger partial charge in [-0.2, -0.15) is 5.10 Å². The fourth-order valence-corrected chi connectivity index (χ4v) is 3.99. The Balaban J connectivity index is 1.56. The van der Waals surface area contributed by atoms with Crippen molar-refractivity contribution in [1.29, 1.82) is 0 Å². The number of hydrogen-bond acceptors (Lipinski definition) is 6. The molecule has 0 aliphatic carbocycles. The van der Waals surface area contributed by atoms with Crippen LogP contribution in [-0.4, -0.2) is 38.9 Å². The molecule has 0 saturated heterocycles. The third-order valence-electron chi connectivity index (χ3n) is 4.53. The molecular weight excluding hydrogens is 320 g/mol. The molecule has 24 heavy (non-hydrogen) atoms. The van der Waals surface area contributed by atoms with E-state index in [0.29, 0.717) is 12.0 Å². The van der Waals surface area contributed by atoms with Crippen molar-refractivity contribution in [3.05, 3.63) is 22.7 Å². The van der Waals surface area contributed by atoms with Crippen LogP contribution in [0.5, 0.6) is 0 Å². The van der Waals surface area contributed by atoms with Gasteiger partial charge in [0, 0.05) is 49.1 Å². The van der Waals surface area contributed by atoms with Crippen molar-refractivity contribution in [3.8, 4) is 0 Å². The molecule has 3 heterocycles. The number of thiazole rings is 1. The Morgan fingerprint density at radius 3 is 2.88 bits per heavy atom. The van der Waals surface area contributed by atoms with Crippen molar-refractivity contribution in [1.82, 2.24) is 25.1 Å². The zero-order valence-corrected chi connectivity index (χ0v) is 15.9. The lowest BCUT2D eigenvalue weighted by Crippen LogP contribution is -2.37. The van der Waals surface area contributed by atoms with Crippen LogP contribution in [0.25, 0.3) is 0 Å². The first-order valence-corrected chi connectivity index (χ1v) is 9.79. The van der Waals surface area contributed by atoms with Crippen LogP contribution >= 0.6 is 11.3 Å². The summed E-state index contributed by atoms with van der Waals surface area (Å²) in [5.74, 6) is 2.50. The predicted molar refractivity (Wildman–Crippen MR) is 98.7 cm³/mol. The second-order valence-corrected chi connectivity index (χ2v) is 7.71. The van der Waals surface area contributed by atoms with Crippen LogP contribution in [-0.2, 0) is 19.5 Å². The van der Waals surface area contributed by atoms with Gasteiger partial charge < -0.3 is 10.2 Å². The zero-order chi connectivity index (χ0) is 17.1. The molecular formula is C17H28N6S. The molecule has 0 fully saturated rings. The molecule has 0 radical (unpaired) electrons. The van der Waals surface area contributed by atoms with E-state index >= 15 is 0 Å². The van der Waals surface area contributed by atoms with Crippen LogP contribution in [0.1, 0.15) is 56.6 Å². The summed E-state index contributed by atoms with van der Waals surface area (Å²) in [5, 5.41) is 9.45. The zero-order valence-electron chi connectivity index (χ0n) is 15.1. The number of fused-ring (bicyclic) bond motifs is 1. The first kappa shape index (κ1) is 17.4. The third kappa shape index (κ3) is 3.78. The highest BCUT2D eigenvalue weighted by molar-refractivity contribution is 7.15. The van der Waals surface area contributed by atoms with Crippen molar-refractivity contribution in [2.24, 2.45) is 0 Å². The molecule has 2 aromatic heterocycles. The number of nitrogens with one attached hydrogen (secondary N) is 1. The monoisotopic (exact) mass is 348 g/mol. The van der Waals surface area contributed by atoms with Crippen molar-refractivity contribution in [3.63, 3.8) is 0 Å². The molecule has 6 nitrogen and oxygen atoms in total. The fourth-order valence-electron chi connectivity index (χ4n) is 3.00. The SMILES string of the molecule is CCN(CC)c1ncc(CNC2CCc3nc(C(C)C)nn3C2)s1. The molecule has 1 aliphatic rings. The van der Waals surface area contributed by atoms with Crippen molar-refractivity contribution in [2.75, 3.05) is 18.0 Å². The van der Waals surface area contributed by atoms with Gasteiger partial charge in [0.1, 0.15) is 5.82 Å². The molecule has 0 aromatic carbocycles. The standard InChI is InChI=1S/C17H28N6S/c1-5-22(6-2)17-19-10-14(24-17)9-18-13-7-8-15-20-16(12(3)4)21-23(15)11-13/h10,12-13,18H,5-9,11H2,1-4H3. The molecule has 0 amide bonds. The molecule has 1 atom stereocenters. The van der Waals surface area contributed by atoms with Gasteiger partial charge in [-0.3, -0.25) is 0 Å². The van der Waals surface area contributed by atoms with Crippen molar-refractivity contribution < 1.29 is 0 Å². The van der Waals surface area contributed by atoms with Gasteiger partial charge in [0.25, 0.3) is 0 Å². The van der Waals surface area contributed by atoms with E-state index in [1.54, 1.807) is 11.3 Å². The second-order valence-electron chi connectivity index (χ2n) is 6.62. The lowest BCUT2D eigenvalue weighted by Gasteiger charge is -2.23. The molecule has 0 spiro atoms. The highest BCUT2D eigenvalue weighted by atomic mass is 32.1.